The molecule has 0 aromatic rings. The van der Waals surface area contributed by atoms with E-state index >= 15 is 0 Å². The minimum atomic E-state index is 0.360. The summed E-state index contributed by atoms with van der Waals surface area (Å²) >= 11 is 0. The van der Waals surface area contributed by atoms with Crippen molar-refractivity contribution in [2.75, 3.05) is 52.4 Å². The monoisotopic (exact) mass is 292 g/mol. The molecule has 0 atom stereocenters. The van der Waals surface area contributed by atoms with E-state index in [0.717, 1.165) is 12.1 Å². The molecule has 4 nitrogen and oxygen atoms in total. The van der Waals surface area contributed by atoms with Crippen LogP contribution in [0.3, 0.4) is 0 Å². The molecule has 0 amide bonds. The molecule has 4 heteroatoms. The molecule has 0 unspecified atom stereocenters. The first-order valence-electron chi connectivity index (χ1n) is 8.89. The zero-order chi connectivity index (χ0) is 14.7. The Kier molecular flexibility index (Phi) is 3.38. The summed E-state index contributed by atoms with van der Waals surface area (Å²) in [7, 11) is 0. The summed E-state index contributed by atoms with van der Waals surface area (Å²) in [6, 6.07) is 1.70. The summed E-state index contributed by atoms with van der Waals surface area (Å²) in [5, 5.41) is 3.40. The van der Waals surface area contributed by atoms with Crippen LogP contribution in [0.5, 0.6) is 0 Å². The average molecular weight is 292 g/mol. The number of hydrogen-bond donors (Lipinski definition) is 1. The highest BCUT2D eigenvalue weighted by Gasteiger charge is 2.49. The van der Waals surface area contributed by atoms with Crippen molar-refractivity contribution < 1.29 is 0 Å². The molecule has 1 N–H and O–H groups in total. The van der Waals surface area contributed by atoms with Crippen molar-refractivity contribution in [3.8, 4) is 0 Å². The summed E-state index contributed by atoms with van der Waals surface area (Å²) in [5.74, 6) is 0. The van der Waals surface area contributed by atoms with Crippen molar-refractivity contribution in [1.82, 2.24) is 20.0 Å². The fraction of sp³-hybridized carbons (Fsp3) is 1.00. The van der Waals surface area contributed by atoms with E-state index in [9.17, 15) is 0 Å². The molecule has 4 aliphatic rings. The molecule has 120 valence electrons. The van der Waals surface area contributed by atoms with E-state index in [1.807, 2.05) is 0 Å². The van der Waals surface area contributed by atoms with Gasteiger partial charge < -0.3 is 5.32 Å². The van der Waals surface area contributed by atoms with Gasteiger partial charge in [-0.2, -0.15) is 0 Å². The van der Waals surface area contributed by atoms with E-state index in [2.05, 4.69) is 40.8 Å². The standard InChI is InChI=1S/C17H32N4/c1-16(2,3)21-10-15(11-21)19-6-4-17(5-7-19)12-20(13-17)14-8-18-9-14/h14-15,18H,4-13H2,1-3H3. The van der Waals surface area contributed by atoms with Crippen LogP contribution in [0.4, 0.5) is 0 Å². The first kappa shape index (κ1) is 14.4. The molecule has 0 radical (unpaired) electrons. The summed E-state index contributed by atoms with van der Waals surface area (Å²) in [5.41, 5.74) is 1.05. The second kappa shape index (κ2) is 4.92. The third-order valence-electron chi connectivity index (χ3n) is 6.54. The SMILES string of the molecule is CC(C)(C)N1CC(N2CCC3(CC2)CN(C2CNC2)C3)C1. The van der Waals surface area contributed by atoms with Crippen LogP contribution in [-0.4, -0.2) is 84.7 Å². The molecule has 0 aromatic heterocycles. The van der Waals surface area contributed by atoms with Gasteiger partial charge in [0, 0.05) is 56.9 Å². The van der Waals surface area contributed by atoms with Crippen LogP contribution in [0, 0.1) is 5.41 Å². The van der Waals surface area contributed by atoms with Crippen LogP contribution in [-0.2, 0) is 0 Å². The predicted molar refractivity (Wildman–Crippen MR) is 86.6 cm³/mol. The third kappa shape index (κ3) is 2.54. The highest BCUT2D eigenvalue weighted by Crippen LogP contribution is 2.42. The normalized spacial score (nSPS) is 32.7. The highest BCUT2D eigenvalue weighted by molar-refractivity contribution is 5.04. The summed E-state index contributed by atoms with van der Waals surface area (Å²) in [4.78, 5) is 8.12. The quantitative estimate of drug-likeness (QED) is 0.814. The van der Waals surface area contributed by atoms with Crippen LogP contribution in [0.2, 0.25) is 0 Å². The number of piperidine rings is 1. The predicted octanol–water partition coefficient (Wildman–Crippen LogP) is 0.839. The Labute approximate surface area is 129 Å². The fourth-order valence-corrected chi connectivity index (χ4v) is 4.52. The third-order valence-corrected chi connectivity index (χ3v) is 6.54. The van der Waals surface area contributed by atoms with Crippen LogP contribution in [0.15, 0.2) is 0 Å². The van der Waals surface area contributed by atoms with Gasteiger partial charge in [-0.3, -0.25) is 14.7 Å². The Morgan fingerprint density at radius 3 is 2.00 bits per heavy atom. The summed E-state index contributed by atoms with van der Waals surface area (Å²) < 4.78 is 0. The number of nitrogens with one attached hydrogen (secondary N) is 1. The topological polar surface area (TPSA) is 21.8 Å². The second-order valence-corrected chi connectivity index (χ2v) is 8.98. The van der Waals surface area contributed by atoms with Crippen molar-refractivity contribution in [1.29, 1.82) is 0 Å². The summed E-state index contributed by atoms with van der Waals surface area (Å²) in [6.45, 7) is 17.5. The lowest BCUT2D eigenvalue weighted by atomic mass is 9.70. The van der Waals surface area contributed by atoms with Gasteiger partial charge in [-0.25, -0.2) is 0 Å². The van der Waals surface area contributed by atoms with Gasteiger partial charge in [0.15, 0.2) is 0 Å². The Morgan fingerprint density at radius 1 is 0.905 bits per heavy atom. The molecule has 4 heterocycles. The van der Waals surface area contributed by atoms with Gasteiger partial charge in [-0.05, 0) is 52.1 Å². The zero-order valence-electron chi connectivity index (χ0n) is 14.1. The van der Waals surface area contributed by atoms with Gasteiger partial charge in [0.25, 0.3) is 0 Å². The molecular formula is C17H32N4. The number of nitrogens with zero attached hydrogens (tertiary/aromatic N) is 3. The van der Waals surface area contributed by atoms with Gasteiger partial charge in [0.05, 0.1) is 0 Å². The highest BCUT2D eigenvalue weighted by atomic mass is 15.4. The van der Waals surface area contributed by atoms with Crippen molar-refractivity contribution in [2.24, 2.45) is 5.41 Å². The van der Waals surface area contributed by atoms with Gasteiger partial charge in [0.1, 0.15) is 0 Å². The maximum absolute atomic E-state index is 3.40. The molecule has 0 saturated carbocycles. The van der Waals surface area contributed by atoms with E-state index in [0.29, 0.717) is 11.0 Å². The Hall–Kier alpha value is -0.160. The average Bonchev–Trinajstić information content (AvgIpc) is 2.23. The van der Waals surface area contributed by atoms with E-state index in [1.165, 1.54) is 65.2 Å². The molecule has 0 bridgehead atoms. The Morgan fingerprint density at radius 2 is 1.52 bits per heavy atom. The van der Waals surface area contributed by atoms with Crippen molar-refractivity contribution in [3.05, 3.63) is 0 Å². The van der Waals surface area contributed by atoms with Crippen molar-refractivity contribution in [2.45, 2.75) is 51.2 Å². The molecule has 0 aliphatic carbocycles. The molecule has 4 saturated heterocycles. The molecular weight excluding hydrogens is 260 g/mol. The minimum absolute atomic E-state index is 0.360. The minimum Gasteiger partial charge on any atom is -0.314 e. The van der Waals surface area contributed by atoms with Crippen LogP contribution >= 0.6 is 0 Å². The smallest absolute Gasteiger partial charge is 0.0350 e. The molecule has 1 spiro atoms. The van der Waals surface area contributed by atoms with Crippen molar-refractivity contribution >= 4 is 0 Å². The van der Waals surface area contributed by atoms with Crippen molar-refractivity contribution in [3.63, 3.8) is 0 Å². The Balaban J connectivity index is 1.22. The van der Waals surface area contributed by atoms with E-state index in [1.54, 1.807) is 0 Å². The largest absolute Gasteiger partial charge is 0.314 e. The molecule has 4 fully saturated rings. The van der Waals surface area contributed by atoms with Gasteiger partial charge in [-0.1, -0.05) is 0 Å². The van der Waals surface area contributed by atoms with Gasteiger partial charge >= 0.3 is 0 Å². The van der Waals surface area contributed by atoms with E-state index in [4.69, 9.17) is 0 Å². The summed E-state index contributed by atoms with van der Waals surface area (Å²) in [6.07, 6.45) is 2.88. The second-order valence-electron chi connectivity index (χ2n) is 8.98. The lowest BCUT2D eigenvalue weighted by Crippen LogP contribution is -2.71. The maximum Gasteiger partial charge on any atom is 0.0350 e. The molecule has 4 rings (SSSR count). The first-order chi connectivity index (χ1) is 9.95. The zero-order valence-corrected chi connectivity index (χ0v) is 14.1. The van der Waals surface area contributed by atoms with Crippen LogP contribution in [0.25, 0.3) is 0 Å². The molecule has 0 aromatic carbocycles. The first-order valence-corrected chi connectivity index (χ1v) is 8.89. The lowest BCUT2D eigenvalue weighted by Gasteiger charge is -2.60. The van der Waals surface area contributed by atoms with E-state index < -0.39 is 0 Å². The van der Waals surface area contributed by atoms with Gasteiger partial charge in [-0.15, -0.1) is 0 Å². The number of likely N-dealkylation sites (tertiary alicyclic amines) is 3. The molecule has 21 heavy (non-hydrogen) atoms. The van der Waals surface area contributed by atoms with Gasteiger partial charge in [0.2, 0.25) is 0 Å². The maximum atomic E-state index is 3.40. The van der Waals surface area contributed by atoms with E-state index in [-0.39, 0.29) is 0 Å². The van der Waals surface area contributed by atoms with Crippen LogP contribution < -0.4 is 5.32 Å². The van der Waals surface area contributed by atoms with Crippen LogP contribution in [0.1, 0.15) is 33.6 Å². The lowest BCUT2D eigenvalue weighted by molar-refractivity contribution is -0.101. The molecule has 4 aliphatic heterocycles. The Bertz CT molecular complexity index is 376. The number of rotatable bonds is 2. The number of hydrogen-bond acceptors (Lipinski definition) is 4. The fourth-order valence-electron chi connectivity index (χ4n) is 4.52.